The Morgan fingerprint density at radius 3 is 2.86 bits per heavy atom. The lowest BCUT2D eigenvalue weighted by molar-refractivity contribution is 0.410. The average Bonchev–Trinajstić information content (AvgIpc) is 2.54. The summed E-state index contributed by atoms with van der Waals surface area (Å²) in [5.74, 6) is 2.09. The number of anilines is 2. The van der Waals surface area contributed by atoms with Crippen molar-refractivity contribution in [1.82, 2.24) is 15.2 Å². The molecule has 0 fully saturated rings. The molecule has 2 rings (SSSR count). The predicted octanol–water partition coefficient (Wildman–Crippen LogP) is 2.70. The van der Waals surface area contributed by atoms with Gasteiger partial charge in [-0.05, 0) is 12.5 Å². The third-order valence-electron chi connectivity index (χ3n) is 3.02. The van der Waals surface area contributed by atoms with E-state index in [1.165, 1.54) is 0 Å². The first-order chi connectivity index (χ1) is 10.3. The summed E-state index contributed by atoms with van der Waals surface area (Å²) in [7, 11) is 1.67. The number of nitrogens with zero attached hydrogens (tertiary/aromatic N) is 3. The van der Waals surface area contributed by atoms with Crippen LogP contribution in [0, 0.1) is 0 Å². The van der Waals surface area contributed by atoms with Crippen LogP contribution in [0.25, 0.3) is 0 Å². The molecule has 1 aromatic heterocycles. The highest BCUT2D eigenvalue weighted by molar-refractivity contribution is 5.40. The van der Waals surface area contributed by atoms with Crippen LogP contribution in [0.3, 0.4) is 0 Å². The largest absolute Gasteiger partial charge is 0.496 e. The van der Waals surface area contributed by atoms with E-state index in [4.69, 9.17) is 4.74 Å². The van der Waals surface area contributed by atoms with Gasteiger partial charge in [0.15, 0.2) is 5.82 Å². The van der Waals surface area contributed by atoms with Crippen molar-refractivity contribution in [1.29, 1.82) is 0 Å². The lowest BCUT2D eigenvalue weighted by atomic mass is 10.2. The van der Waals surface area contributed by atoms with E-state index in [0.717, 1.165) is 30.7 Å². The summed E-state index contributed by atoms with van der Waals surface area (Å²) in [5.41, 5.74) is 1.07. The van der Waals surface area contributed by atoms with E-state index >= 15 is 0 Å². The molecule has 0 spiro atoms. The van der Waals surface area contributed by atoms with Crippen molar-refractivity contribution in [2.45, 2.75) is 26.3 Å². The fraction of sp³-hybridized carbons (Fsp3) is 0.400. The quantitative estimate of drug-likeness (QED) is 0.727. The number of unbranched alkanes of at least 4 members (excludes halogenated alkanes) is 1. The van der Waals surface area contributed by atoms with Gasteiger partial charge in [-0.1, -0.05) is 31.5 Å². The maximum atomic E-state index is 5.32. The van der Waals surface area contributed by atoms with E-state index in [-0.39, 0.29) is 0 Å². The minimum atomic E-state index is 0.550. The topological polar surface area (TPSA) is 72.0 Å². The molecule has 0 unspecified atom stereocenters. The van der Waals surface area contributed by atoms with Gasteiger partial charge in [-0.25, -0.2) is 0 Å². The van der Waals surface area contributed by atoms with Gasteiger partial charge in [-0.2, -0.15) is 10.1 Å². The molecule has 0 aliphatic carbocycles. The van der Waals surface area contributed by atoms with Gasteiger partial charge in [0.05, 0.1) is 13.3 Å². The Balaban J connectivity index is 1.95. The molecule has 0 saturated carbocycles. The Morgan fingerprint density at radius 1 is 1.19 bits per heavy atom. The second-order valence-electron chi connectivity index (χ2n) is 4.61. The minimum Gasteiger partial charge on any atom is -0.496 e. The van der Waals surface area contributed by atoms with Crippen LogP contribution < -0.4 is 15.4 Å². The number of hydrogen-bond donors (Lipinski definition) is 2. The summed E-state index contributed by atoms with van der Waals surface area (Å²) >= 11 is 0. The van der Waals surface area contributed by atoms with Gasteiger partial charge in [0.2, 0.25) is 5.95 Å². The number of benzene rings is 1. The zero-order chi connectivity index (χ0) is 14.9. The second kappa shape index (κ2) is 8.04. The highest BCUT2D eigenvalue weighted by Gasteiger charge is 2.03. The molecule has 1 aromatic carbocycles. The summed E-state index contributed by atoms with van der Waals surface area (Å²) in [6.07, 6.45) is 3.83. The van der Waals surface area contributed by atoms with E-state index in [2.05, 4.69) is 32.7 Å². The summed E-state index contributed by atoms with van der Waals surface area (Å²) in [5, 5.41) is 14.3. The average molecular weight is 287 g/mol. The van der Waals surface area contributed by atoms with Crippen LogP contribution in [0.15, 0.2) is 30.5 Å². The molecule has 0 saturated heterocycles. The molecule has 0 aliphatic heterocycles. The molecule has 1 heterocycles. The Hall–Kier alpha value is -2.37. The van der Waals surface area contributed by atoms with Crippen molar-refractivity contribution >= 4 is 11.8 Å². The van der Waals surface area contributed by atoms with Crippen molar-refractivity contribution in [2.75, 3.05) is 24.3 Å². The zero-order valence-corrected chi connectivity index (χ0v) is 12.5. The van der Waals surface area contributed by atoms with Crippen LogP contribution in [0.5, 0.6) is 5.75 Å². The first kappa shape index (κ1) is 15.0. The van der Waals surface area contributed by atoms with Crippen LogP contribution >= 0.6 is 0 Å². The maximum Gasteiger partial charge on any atom is 0.244 e. The van der Waals surface area contributed by atoms with E-state index in [1.807, 2.05) is 24.3 Å². The molecule has 0 aliphatic rings. The van der Waals surface area contributed by atoms with E-state index in [0.29, 0.717) is 18.3 Å². The Labute approximate surface area is 125 Å². The van der Waals surface area contributed by atoms with Crippen LogP contribution in [0.1, 0.15) is 25.3 Å². The third kappa shape index (κ3) is 4.59. The molecule has 0 atom stereocenters. The number of ether oxygens (including phenoxy) is 1. The molecule has 6 nitrogen and oxygen atoms in total. The van der Waals surface area contributed by atoms with E-state index < -0.39 is 0 Å². The molecule has 6 heteroatoms. The Morgan fingerprint density at radius 2 is 2.05 bits per heavy atom. The SMILES string of the molecule is CCCCNc1nncc(NCc2ccccc2OC)n1. The van der Waals surface area contributed by atoms with Crippen molar-refractivity contribution in [2.24, 2.45) is 0 Å². The summed E-state index contributed by atoms with van der Waals surface area (Å²) < 4.78 is 5.32. The van der Waals surface area contributed by atoms with Crippen LogP contribution in [-0.4, -0.2) is 28.8 Å². The van der Waals surface area contributed by atoms with Crippen LogP contribution in [-0.2, 0) is 6.54 Å². The summed E-state index contributed by atoms with van der Waals surface area (Å²) in [4.78, 5) is 4.38. The van der Waals surface area contributed by atoms with Gasteiger partial charge in [0.25, 0.3) is 0 Å². The summed E-state index contributed by atoms with van der Waals surface area (Å²) in [6.45, 7) is 3.62. The zero-order valence-electron chi connectivity index (χ0n) is 12.5. The standard InChI is InChI=1S/C15H21N5O/c1-3-4-9-16-15-19-14(11-18-20-15)17-10-12-7-5-6-8-13(12)21-2/h5-8,11H,3-4,9-10H2,1-2H3,(H2,16,17,19,20). The minimum absolute atomic E-state index is 0.550. The molecule has 0 bridgehead atoms. The third-order valence-corrected chi connectivity index (χ3v) is 3.02. The molecule has 0 amide bonds. The van der Waals surface area contributed by atoms with Crippen molar-refractivity contribution in [3.8, 4) is 5.75 Å². The molecule has 112 valence electrons. The smallest absolute Gasteiger partial charge is 0.244 e. The van der Waals surface area contributed by atoms with Gasteiger partial charge < -0.3 is 15.4 Å². The fourth-order valence-corrected chi connectivity index (χ4v) is 1.88. The van der Waals surface area contributed by atoms with E-state index in [1.54, 1.807) is 13.3 Å². The molecular weight excluding hydrogens is 266 g/mol. The van der Waals surface area contributed by atoms with Crippen LogP contribution in [0.2, 0.25) is 0 Å². The number of hydrogen-bond acceptors (Lipinski definition) is 6. The highest BCUT2D eigenvalue weighted by atomic mass is 16.5. The fourth-order valence-electron chi connectivity index (χ4n) is 1.88. The Bertz CT molecular complexity index is 561. The number of nitrogens with one attached hydrogen (secondary N) is 2. The molecule has 2 aromatic rings. The lowest BCUT2D eigenvalue weighted by Crippen LogP contribution is -2.09. The Kier molecular flexibility index (Phi) is 5.75. The number of methoxy groups -OCH3 is 1. The van der Waals surface area contributed by atoms with Gasteiger partial charge >= 0.3 is 0 Å². The van der Waals surface area contributed by atoms with Gasteiger partial charge in [0.1, 0.15) is 5.75 Å². The molecule has 2 N–H and O–H groups in total. The monoisotopic (exact) mass is 287 g/mol. The molecule has 0 radical (unpaired) electrons. The highest BCUT2D eigenvalue weighted by Crippen LogP contribution is 2.18. The lowest BCUT2D eigenvalue weighted by Gasteiger charge is -2.10. The maximum absolute atomic E-state index is 5.32. The summed E-state index contributed by atoms with van der Waals surface area (Å²) in [6, 6.07) is 7.88. The second-order valence-corrected chi connectivity index (χ2v) is 4.61. The first-order valence-electron chi connectivity index (χ1n) is 7.13. The van der Waals surface area contributed by atoms with Gasteiger partial charge in [-0.15, -0.1) is 5.10 Å². The van der Waals surface area contributed by atoms with Gasteiger partial charge in [0, 0.05) is 18.7 Å². The van der Waals surface area contributed by atoms with E-state index in [9.17, 15) is 0 Å². The molecular formula is C15H21N5O. The number of para-hydroxylation sites is 1. The normalized spacial score (nSPS) is 10.2. The molecule has 21 heavy (non-hydrogen) atoms. The first-order valence-corrected chi connectivity index (χ1v) is 7.13. The predicted molar refractivity (Wildman–Crippen MR) is 83.5 cm³/mol. The van der Waals surface area contributed by atoms with Gasteiger partial charge in [-0.3, -0.25) is 0 Å². The number of aromatic nitrogens is 3. The van der Waals surface area contributed by atoms with Crippen LogP contribution in [0.4, 0.5) is 11.8 Å². The number of rotatable bonds is 8. The van der Waals surface area contributed by atoms with Crippen molar-refractivity contribution in [3.05, 3.63) is 36.0 Å². The van der Waals surface area contributed by atoms with Crippen molar-refractivity contribution < 1.29 is 4.74 Å². The van der Waals surface area contributed by atoms with Crippen molar-refractivity contribution in [3.63, 3.8) is 0 Å².